The first-order chi connectivity index (χ1) is 20.1. The van der Waals surface area contributed by atoms with E-state index in [1.54, 1.807) is 32.4 Å². The number of aromatic nitrogens is 2. The Kier molecular flexibility index (Phi) is 12.7. The Morgan fingerprint density at radius 3 is 2.71 bits per heavy atom. The third-order valence-electron chi connectivity index (χ3n) is 7.51. The molecule has 42 heavy (non-hydrogen) atoms. The number of rotatable bonds is 16. The van der Waals surface area contributed by atoms with Gasteiger partial charge in [-0.15, -0.1) is 0 Å². The maximum atomic E-state index is 13.5. The van der Waals surface area contributed by atoms with Gasteiger partial charge in [-0.3, -0.25) is 4.99 Å². The van der Waals surface area contributed by atoms with Gasteiger partial charge in [0.25, 0.3) is 5.92 Å². The van der Waals surface area contributed by atoms with Crippen molar-refractivity contribution in [3.05, 3.63) is 53.4 Å². The lowest BCUT2D eigenvalue weighted by Crippen LogP contribution is -2.39. The van der Waals surface area contributed by atoms with E-state index in [4.69, 9.17) is 24.6 Å². The molecule has 2 aliphatic rings. The van der Waals surface area contributed by atoms with Crippen LogP contribution in [0, 0.1) is 5.41 Å². The van der Waals surface area contributed by atoms with Gasteiger partial charge in [-0.2, -0.15) is 5.10 Å². The van der Waals surface area contributed by atoms with Crippen molar-refractivity contribution in [3.8, 4) is 0 Å². The lowest BCUT2D eigenvalue weighted by molar-refractivity contribution is -0.0394. The summed E-state index contributed by atoms with van der Waals surface area (Å²) >= 11 is 0. The molecule has 1 aliphatic heterocycles. The highest BCUT2D eigenvalue weighted by atomic mass is 19.3. The van der Waals surface area contributed by atoms with Crippen LogP contribution in [-0.2, 0) is 14.2 Å². The summed E-state index contributed by atoms with van der Waals surface area (Å²) in [6, 6.07) is -0.158. The fourth-order valence-electron chi connectivity index (χ4n) is 5.52. The van der Waals surface area contributed by atoms with Gasteiger partial charge in [0.2, 0.25) is 0 Å². The Morgan fingerprint density at radius 2 is 2.10 bits per heavy atom. The highest BCUT2D eigenvalue weighted by molar-refractivity contribution is 6.37. The zero-order valence-electron chi connectivity index (χ0n) is 26.0. The SMILES string of the molecule is C/C=C(\CC(C)N=C(C=N)c1cnn([C@@H]2CCCCO2)c1)N(CCCN(C)CC(C)(F)F)C1C=C(OC)C=C(OC)C1. The van der Waals surface area contributed by atoms with Crippen molar-refractivity contribution >= 4 is 11.9 Å². The molecular weight excluding hydrogens is 542 g/mol. The minimum absolute atomic E-state index is 0.0314. The Bertz CT molecular complexity index is 1130. The number of aliphatic imine (C=N–C) groups is 1. The van der Waals surface area contributed by atoms with Gasteiger partial charge >= 0.3 is 0 Å². The van der Waals surface area contributed by atoms with Crippen LogP contribution in [0.5, 0.6) is 0 Å². The molecule has 0 spiro atoms. The molecule has 3 atom stereocenters. The zero-order chi connectivity index (χ0) is 30.7. The van der Waals surface area contributed by atoms with Gasteiger partial charge in [0, 0.05) is 62.7 Å². The molecule has 1 aromatic rings. The number of allylic oxidation sites excluding steroid dienone is 2. The maximum Gasteiger partial charge on any atom is 0.257 e. The fourth-order valence-corrected chi connectivity index (χ4v) is 5.52. The van der Waals surface area contributed by atoms with E-state index in [1.807, 2.05) is 30.8 Å². The third kappa shape index (κ3) is 10.0. The second kappa shape index (κ2) is 16.0. The molecule has 1 aliphatic carbocycles. The summed E-state index contributed by atoms with van der Waals surface area (Å²) in [4.78, 5) is 8.87. The minimum atomic E-state index is -2.74. The Labute approximate surface area is 249 Å². The molecule has 0 aromatic carbocycles. The van der Waals surface area contributed by atoms with Gasteiger partial charge in [0.15, 0.2) is 0 Å². The first kappa shape index (κ1) is 33.5. The van der Waals surface area contributed by atoms with Crippen LogP contribution in [0.3, 0.4) is 0 Å². The van der Waals surface area contributed by atoms with E-state index < -0.39 is 5.92 Å². The number of hydrogen-bond acceptors (Lipinski definition) is 8. The molecular formula is C31H48F2N6O3. The summed E-state index contributed by atoms with van der Waals surface area (Å²) in [6.45, 7) is 6.65. The van der Waals surface area contributed by atoms with E-state index >= 15 is 0 Å². The molecule has 0 amide bonds. The number of alkyl halides is 2. The smallest absolute Gasteiger partial charge is 0.257 e. The third-order valence-corrected chi connectivity index (χ3v) is 7.51. The van der Waals surface area contributed by atoms with Crippen LogP contribution in [0.4, 0.5) is 8.78 Å². The largest absolute Gasteiger partial charge is 0.501 e. The highest BCUT2D eigenvalue weighted by Gasteiger charge is 2.27. The normalized spacial score (nSPS) is 21.1. The topological polar surface area (TPSA) is 88.2 Å². The number of hydrogen-bond donors (Lipinski definition) is 1. The summed E-state index contributed by atoms with van der Waals surface area (Å²) in [7, 11) is 5.02. The van der Waals surface area contributed by atoms with E-state index in [2.05, 4.69) is 22.2 Å². The molecule has 2 unspecified atom stereocenters. The molecule has 0 saturated carbocycles. The van der Waals surface area contributed by atoms with Gasteiger partial charge in [0.05, 0.1) is 44.8 Å². The number of nitrogens with one attached hydrogen (secondary N) is 1. The molecule has 234 valence electrons. The van der Waals surface area contributed by atoms with Crippen LogP contribution in [0.1, 0.15) is 71.1 Å². The Balaban J connectivity index is 1.77. The summed E-state index contributed by atoms with van der Waals surface area (Å²) in [5.74, 6) is -1.19. The second-order valence-electron chi connectivity index (χ2n) is 11.2. The average Bonchev–Trinajstić information content (AvgIpc) is 3.46. The first-order valence-electron chi connectivity index (χ1n) is 14.8. The van der Waals surface area contributed by atoms with Crippen LogP contribution in [0.15, 0.2) is 52.8 Å². The monoisotopic (exact) mass is 590 g/mol. The predicted octanol–water partition coefficient (Wildman–Crippen LogP) is 5.82. The highest BCUT2D eigenvalue weighted by Crippen LogP contribution is 2.28. The quantitative estimate of drug-likeness (QED) is 0.244. The zero-order valence-corrected chi connectivity index (χ0v) is 26.0. The Hall–Kier alpha value is -3.05. The number of halogens is 2. The molecule has 1 N–H and O–H groups in total. The Morgan fingerprint density at radius 1 is 1.31 bits per heavy atom. The first-order valence-corrected chi connectivity index (χ1v) is 14.8. The number of ether oxygens (including phenoxy) is 3. The number of methoxy groups -OCH3 is 2. The lowest BCUT2D eigenvalue weighted by Gasteiger charge is -2.37. The molecule has 9 nitrogen and oxygen atoms in total. The van der Waals surface area contributed by atoms with Gasteiger partial charge in [-0.1, -0.05) is 6.08 Å². The van der Waals surface area contributed by atoms with Gasteiger partial charge < -0.3 is 29.4 Å². The van der Waals surface area contributed by atoms with Crippen molar-refractivity contribution in [1.82, 2.24) is 19.6 Å². The van der Waals surface area contributed by atoms with Crippen LogP contribution in [0.25, 0.3) is 0 Å². The molecule has 1 aromatic heterocycles. The summed E-state index contributed by atoms with van der Waals surface area (Å²) in [5, 5.41) is 12.5. The molecule has 1 fully saturated rings. The van der Waals surface area contributed by atoms with E-state index in [1.165, 1.54) is 6.21 Å². The van der Waals surface area contributed by atoms with Crippen molar-refractivity contribution in [2.75, 3.05) is 47.5 Å². The van der Waals surface area contributed by atoms with Crippen LogP contribution < -0.4 is 0 Å². The van der Waals surface area contributed by atoms with Crippen LogP contribution >= 0.6 is 0 Å². The van der Waals surface area contributed by atoms with Crippen molar-refractivity contribution in [2.24, 2.45) is 4.99 Å². The number of nitrogens with zero attached hydrogens (tertiary/aromatic N) is 5. The average molecular weight is 591 g/mol. The van der Waals surface area contributed by atoms with Crippen molar-refractivity contribution in [3.63, 3.8) is 0 Å². The van der Waals surface area contributed by atoms with Gasteiger partial charge in [-0.25, -0.2) is 13.5 Å². The molecule has 0 radical (unpaired) electrons. The molecule has 2 heterocycles. The van der Waals surface area contributed by atoms with Crippen molar-refractivity contribution < 1.29 is 23.0 Å². The lowest BCUT2D eigenvalue weighted by atomic mass is 10.0. The van der Waals surface area contributed by atoms with Crippen molar-refractivity contribution in [1.29, 1.82) is 5.41 Å². The minimum Gasteiger partial charge on any atom is -0.501 e. The van der Waals surface area contributed by atoms with Crippen molar-refractivity contribution in [2.45, 2.75) is 83.5 Å². The predicted molar refractivity (Wildman–Crippen MR) is 162 cm³/mol. The van der Waals surface area contributed by atoms with Gasteiger partial charge in [-0.05, 0) is 59.2 Å². The standard InChI is InChI=1S/C31H48F2N6O3/c1-7-25(15-23(2)36-29(19-34)24-20-35-39(21-24)30-11-8-9-14-42-30)38(13-10-12-37(4)22-31(3,32)33)26-16-27(40-5)18-28(17-26)41-6/h7,16,18-21,23,26,30,34H,8-15,17,22H2,1-6H3/b25-7+,34-19?,36-29?/t23?,26?,30-/m0/s1. The van der Waals surface area contributed by atoms with E-state index in [9.17, 15) is 8.78 Å². The van der Waals surface area contributed by atoms with E-state index in [0.717, 1.165) is 55.6 Å². The molecule has 1 saturated heterocycles. The molecule has 0 bridgehead atoms. The fraction of sp³-hybridized carbons (Fsp3) is 0.645. The molecule has 3 rings (SSSR count). The summed E-state index contributed by atoms with van der Waals surface area (Å²) < 4.78 is 45.9. The van der Waals surface area contributed by atoms with Crippen LogP contribution in [-0.4, -0.2) is 97.0 Å². The maximum absolute atomic E-state index is 13.5. The molecule has 11 heteroatoms. The summed E-state index contributed by atoms with van der Waals surface area (Å²) in [5.41, 5.74) is 2.44. The second-order valence-corrected chi connectivity index (χ2v) is 11.2. The van der Waals surface area contributed by atoms with Crippen LogP contribution in [0.2, 0.25) is 0 Å². The van der Waals surface area contributed by atoms with Gasteiger partial charge in [0.1, 0.15) is 17.7 Å². The summed E-state index contributed by atoms with van der Waals surface area (Å²) in [6.07, 6.45) is 16.0. The van der Waals surface area contributed by atoms with E-state index in [-0.39, 0.29) is 24.9 Å². The van der Waals surface area contributed by atoms with E-state index in [0.29, 0.717) is 38.1 Å².